The summed E-state index contributed by atoms with van der Waals surface area (Å²) in [6.45, 7) is 3.29. The number of methoxy groups -OCH3 is 1. The van der Waals surface area contributed by atoms with Crippen LogP contribution >= 0.6 is 23.2 Å². The predicted octanol–water partition coefficient (Wildman–Crippen LogP) is 1.52. The second-order valence-electron chi connectivity index (χ2n) is 1.32. The second-order valence-corrected chi connectivity index (χ2v) is 2.41. The molecular weight excluding hydrogens is 163 g/mol. The van der Waals surface area contributed by atoms with Crippen LogP contribution in [0, 0.1) is 0 Å². The fourth-order valence-corrected chi connectivity index (χ4v) is 0.398. The second kappa shape index (κ2) is 3.75. The molecule has 0 bridgehead atoms. The van der Waals surface area contributed by atoms with E-state index in [9.17, 15) is 4.79 Å². The molecule has 0 atom stereocenters. The van der Waals surface area contributed by atoms with E-state index in [2.05, 4.69) is 11.3 Å². The summed E-state index contributed by atoms with van der Waals surface area (Å²) >= 11 is 10.5. The highest BCUT2D eigenvalue weighted by Crippen LogP contribution is 2.12. The van der Waals surface area contributed by atoms with Gasteiger partial charge in [0.15, 0.2) is 0 Å². The molecule has 0 aromatic carbocycles. The molecule has 0 N–H and O–H groups in total. The van der Waals surface area contributed by atoms with Crippen molar-refractivity contribution in [1.29, 1.82) is 0 Å². The van der Waals surface area contributed by atoms with E-state index < -0.39 is 10.8 Å². The van der Waals surface area contributed by atoms with E-state index in [4.69, 9.17) is 23.2 Å². The van der Waals surface area contributed by atoms with Crippen LogP contribution in [0.4, 0.5) is 0 Å². The van der Waals surface area contributed by atoms with Gasteiger partial charge in [0, 0.05) is 0 Å². The van der Waals surface area contributed by atoms with Crippen LogP contribution < -0.4 is 0 Å². The molecule has 0 saturated heterocycles. The van der Waals surface area contributed by atoms with Gasteiger partial charge in [-0.2, -0.15) is 0 Å². The summed E-state index contributed by atoms with van der Waals surface area (Å²) in [6, 6.07) is 0. The average molecular weight is 169 g/mol. The van der Waals surface area contributed by atoms with Gasteiger partial charge in [0.1, 0.15) is 4.84 Å². The molecule has 9 heavy (non-hydrogen) atoms. The van der Waals surface area contributed by atoms with Gasteiger partial charge in [-0.1, -0.05) is 29.8 Å². The molecule has 0 fully saturated rings. The first kappa shape index (κ1) is 8.79. The molecule has 0 rings (SSSR count). The van der Waals surface area contributed by atoms with Crippen molar-refractivity contribution in [2.45, 2.75) is 4.84 Å². The number of hydrogen-bond acceptors (Lipinski definition) is 2. The molecule has 0 heterocycles. The number of halogens is 2. The van der Waals surface area contributed by atoms with E-state index >= 15 is 0 Å². The van der Waals surface area contributed by atoms with Gasteiger partial charge in [0.05, 0.1) is 12.7 Å². The Morgan fingerprint density at radius 2 is 2.11 bits per heavy atom. The largest absolute Gasteiger partial charge is 0.466 e. The molecule has 0 unspecified atom stereocenters. The van der Waals surface area contributed by atoms with Crippen molar-refractivity contribution in [3.05, 3.63) is 12.2 Å². The van der Waals surface area contributed by atoms with Crippen molar-refractivity contribution in [1.82, 2.24) is 0 Å². The van der Waals surface area contributed by atoms with E-state index in [0.717, 1.165) is 0 Å². The highest BCUT2D eigenvalue weighted by atomic mass is 35.5. The lowest BCUT2D eigenvalue weighted by Gasteiger charge is -2.01. The molecule has 0 radical (unpaired) electrons. The van der Waals surface area contributed by atoms with Crippen molar-refractivity contribution in [2.24, 2.45) is 0 Å². The first-order valence-electron chi connectivity index (χ1n) is 2.15. The number of esters is 1. The van der Waals surface area contributed by atoms with Crippen molar-refractivity contribution in [2.75, 3.05) is 7.11 Å². The molecule has 4 heteroatoms. The predicted molar refractivity (Wildman–Crippen MR) is 36.7 cm³/mol. The monoisotopic (exact) mass is 168 g/mol. The lowest BCUT2D eigenvalue weighted by molar-refractivity contribution is -0.136. The van der Waals surface area contributed by atoms with Crippen LogP contribution in [-0.4, -0.2) is 17.9 Å². The van der Waals surface area contributed by atoms with Crippen molar-refractivity contribution in [3.63, 3.8) is 0 Å². The zero-order valence-corrected chi connectivity index (χ0v) is 6.37. The van der Waals surface area contributed by atoms with Crippen LogP contribution in [0.15, 0.2) is 12.2 Å². The SMILES string of the molecule is C=C(C(=O)OC)C(Cl)Cl. The molecule has 0 aromatic rings. The fraction of sp³-hybridized carbons (Fsp3) is 0.400. The van der Waals surface area contributed by atoms with E-state index in [-0.39, 0.29) is 5.57 Å². The van der Waals surface area contributed by atoms with Crippen LogP contribution in [0.25, 0.3) is 0 Å². The molecule has 0 amide bonds. The Bertz CT molecular complexity index is 131. The van der Waals surface area contributed by atoms with Gasteiger partial charge in [-0.3, -0.25) is 0 Å². The number of carbonyl (C=O) groups is 1. The molecule has 52 valence electrons. The number of hydrogen-bond donors (Lipinski definition) is 0. The van der Waals surface area contributed by atoms with Crippen LogP contribution in [0.3, 0.4) is 0 Å². The third-order valence-electron chi connectivity index (χ3n) is 0.711. The Morgan fingerprint density at radius 3 is 2.22 bits per heavy atom. The van der Waals surface area contributed by atoms with Gasteiger partial charge >= 0.3 is 5.97 Å². The Hall–Kier alpha value is -0.210. The molecule has 0 saturated carbocycles. The standard InChI is InChI=1S/C5H6Cl2O2/c1-3(4(6)7)5(8)9-2/h4H,1H2,2H3. The number of alkyl halides is 2. The minimum atomic E-state index is -0.877. The summed E-state index contributed by atoms with van der Waals surface area (Å²) in [5, 5.41) is 0. The minimum absolute atomic E-state index is 0.0563. The van der Waals surface area contributed by atoms with Gasteiger partial charge < -0.3 is 4.74 Å². The molecule has 0 aromatic heterocycles. The van der Waals surface area contributed by atoms with Crippen LogP contribution in [-0.2, 0) is 9.53 Å². The smallest absolute Gasteiger partial charge is 0.335 e. The van der Waals surface area contributed by atoms with Crippen molar-refractivity contribution >= 4 is 29.2 Å². The summed E-state index contributed by atoms with van der Waals surface area (Å²) in [4.78, 5) is 9.59. The summed E-state index contributed by atoms with van der Waals surface area (Å²) in [6.07, 6.45) is 0. The minimum Gasteiger partial charge on any atom is -0.466 e. The maximum atomic E-state index is 10.5. The third kappa shape index (κ3) is 2.72. The van der Waals surface area contributed by atoms with E-state index in [1.807, 2.05) is 0 Å². The van der Waals surface area contributed by atoms with Gasteiger partial charge in [-0.05, 0) is 0 Å². The topological polar surface area (TPSA) is 26.3 Å². The third-order valence-corrected chi connectivity index (χ3v) is 1.24. The van der Waals surface area contributed by atoms with Crippen molar-refractivity contribution < 1.29 is 9.53 Å². The Kier molecular flexibility index (Phi) is 3.66. The van der Waals surface area contributed by atoms with Gasteiger partial charge in [0.25, 0.3) is 0 Å². The van der Waals surface area contributed by atoms with Crippen LogP contribution in [0.1, 0.15) is 0 Å². The lowest BCUT2D eigenvalue weighted by Crippen LogP contribution is -2.08. The molecule has 0 aliphatic rings. The van der Waals surface area contributed by atoms with Crippen LogP contribution in [0.2, 0.25) is 0 Å². The maximum Gasteiger partial charge on any atom is 0.335 e. The van der Waals surface area contributed by atoms with E-state index in [1.54, 1.807) is 0 Å². The normalized spacial score (nSPS) is 9.33. The van der Waals surface area contributed by atoms with Crippen LogP contribution in [0.5, 0.6) is 0 Å². The molecule has 0 spiro atoms. The molecule has 0 aliphatic heterocycles. The number of ether oxygens (including phenoxy) is 1. The first-order valence-corrected chi connectivity index (χ1v) is 3.02. The highest BCUT2D eigenvalue weighted by Gasteiger charge is 2.13. The zero-order chi connectivity index (χ0) is 7.44. The Morgan fingerprint density at radius 1 is 1.67 bits per heavy atom. The number of rotatable bonds is 2. The molecular formula is C5H6Cl2O2. The Balaban J connectivity index is 3.89. The average Bonchev–Trinajstić information content (AvgIpc) is 1.84. The summed E-state index contributed by atoms with van der Waals surface area (Å²) in [7, 11) is 1.24. The zero-order valence-electron chi connectivity index (χ0n) is 4.86. The van der Waals surface area contributed by atoms with Crippen molar-refractivity contribution in [3.8, 4) is 0 Å². The fourth-order valence-electron chi connectivity index (χ4n) is 0.220. The molecule has 2 nitrogen and oxygen atoms in total. The lowest BCUT2D eigenvalue weighted by atomic mass is 10.4. The van der Waals surface area contributed by atoms with E-state index in [1.165, 1.54) is 7.11 Å². The Labute approximate surface area is 63.4 Å². The van der Waals surface area contributed by atoms with Gasteiger partial charge in [0.2, 0.25) is 0 Å². The first-order chi connectivity index (χ1) is 4.09. The molecule has 0 aliphatic carbocycles. The van der Waals surface area contributed by atoms with Gasteiger partial charge in [-0.25, -0.2) is 4.79 Å². The quantitative estimate of drug-likeness (QED) is 0.355. The van der Waals surface area contributed by atoms with E-state index in [0.29, 0.717) is 0 Å². The summed E-state index contributed by atoms with van der Waals surface area (Å²) in [5.41, 5.74) is 0.0563. The maximum absolute atomic E-state index is 10.5. The number of carbonyl (C=O) groups excluding carboxylic acids is 1. The highest BCUT2D eigenvalue weighted by molar-refractivity contribution is 6.47. The summed E-state index contributed by atoms with van der Waals surface area (Å²) in [5.74, 6) is -0.579. The summed E-state index contributed by atoms with van der Waals surface area (Å²) < 4.78 is 4.27. The van der Waals surface area contributed by atoms with Gasteiger partial charge in [-0.15, -0.1) is 0 Å².